The summed E-state index contributed by atoms with van der Waals surface area (Å²) in [6, 6.07) is 0. The maximum absolute atomic E-state index is 5.85. The molecule has 3 N–H and O–H groups in total. The van der Waals surface area contributed by atoms with E-state index in [-0.39, 0.29) is 11.8 Å². The predicted molar refractivity (Wildman–Crippen MR) is 47.6 cm³/mol. The molecule has 2 aliphatic rings. The molecule has 1 heterocycles. The van der Waals surface area contributed by atoms with Gasteiger partial charge in [0.2, 0.25) is 0 Å². The number of fused-ring (bicyclic) bond motifs is 1. The Labute approximate surface area is 73.7 Å². The van der Waals surface area contributed by atoms with E-state index in [2.05, 4.69) is 19.2 Å². The molecule has 1 saturated heterocycles. The van der Waals surface area contributed by atoms with Gasteiger partial charge in [0.25, 0.3) is 0 Å². The highest BCUT2D eigenvalue weighted by atomic mass is 16.5. The molecule has 12 heavy (non-hydrogen) atoms. The smallest absolute Gasteiger partial charge is 0.112 e. The third-order valence-corrected chi connectivity index (χ3v) is 3.04. The van der Waals surface area contributed by atoms with E-state index in [1.807, 2.05) is 0 Å². The lowest BCUT2D eigenvalue weighted by Crippen LogP contribution is -2.38. The van der Waals surface area contributed by atoms with Crippen LogP contribution >= 0.6 is 0 Å². The van der Waals surface area contributed by atoms with Crippen molar-refractivity contribution in [3.05, 3.63) is 0 Å². The van der Waals surface area contributed by atoms with Gasteiger partial charge in [0.05, 0.1) is 5.60 Å². The van der Waals surface area contributed by atoms with Gasteiger partial charge in [0.15, 0.2) is 0 Å². The van der Waals surface area contributed by atoms with Crippen molar-refractivity contribution in [2.45, 2.75) is 32.1 Å². The van der Waals surface area contributed by atoms with E-state index >= 15 is 0 Å². The summed E-state index contributed by atoms with van der Waals surface area (Å²) in [6.07, 6.45) is 1.60. The molecule has 0 aromatic carbocycles. The molecule has 0 amide bonds. The quantitative estimate of drug-likeness (QED) is 0.640. The summed E-state index contributed by atoms with van der Waals surface area (Å²) in [5.74, 6) is 1.54. The number of nitrogens with one attached hydrogen (secondary N) is 1. The Hall–Kier alpha value is -0.120. The van der Waals surface area contributed by atoms with Crippen LogP contribution < -0.4 is 11.1 Å². The molecule has 0 bridgehead atoms. The topological polar surface area (TPSA) is 47.3 Å². The predicted octanol–water partition coefficient (Wildman–Crippen LogP) is 0.306. The summed E-state index contributed by atoms with van der Waals surface area (Å²) in [6.45, 7) is 5.92. The number of hydrogen-bond donors (Lipinski definition) is 2. The van der Waals surface area contributed by atoms with Crippen LogP contribution in [0.25, 0.3) is 0 Å². The summed E-state index contributed by atoms with van der Waals surface area (Å²) >= 11 is 0. The molecule has 0 aromatic heterocycles. The summed E-state index contributed by atoms with van der Waals surface area (Å²) in [5.41, 5.74) is 5.51. The van der Waals surface area contributed by atoms with Gasteiger partial charge in [-0.3, -0.25) is 5.32 Å². The first kappa shape index (κ1) is 8.48. The van der Waals surface area contributed by atoms with Crippen molar-refractivity contribution in [3.63, 3.8) is 0 Å². The normalized spacial score (nSPS) is 42.8. The third-order valence-electron chi connectivity index (χ3n) is 3.04. The number of rotatable bonds is 3. The van der Waals surface area contributed by atoms with Crippen LogP contribution in [-0.4, -0.2) is 24.9 Å². The van der Waals surface area contributed by atoms with Crippen molar-refractivity contribution in [1.29, 1.82) is 0 Å². The minimum Gasteiger partial charge on any atom is -0.357 e. The molecular weight excluding hydrogens is 152 g/mol. The lowest BCUT2D eigenvalue weighted by molar-refractivity contribution is -0.0585. The van der Waals surface area contributed by atoms with Crippen LogP contribution in [0.5, 0.6) is 0 Å². The van der Waals surface area contributed by atoms with Crippen LogP contribution in [0.4, 0.5) is 0 Å². The minimum atomic E-state index is 0.0942. The van der Waals surface area contributed by atoms with E-state index in [9.17, 15) is 0 Å². The van der Waals surface area contributed by atoms with Crippen LogP contribution in [0.15, 0.2) is 0 Å². The summed E-state index contributed by atoms with van der Waals surface area (Å²) in [4.78, 5) is 0. The van der Waals surface area contributed by atoms with Crippen molar-refractivity contribution < 1.29 is 4.74 Å². The second-order valence-corrected chi connectivity index (χ2v) is 4.39. The SMILES string of the molecule is CC1(C)OC(NCCN)C2CC21. The molecule has 0 radical (unpaired) electrons. The average Bonchev–Trinajstić information content (AvgIpc) is 2.72. The Morgan fingerprint density at radius 2 is 2.33 bits per heavy atom. The number of hydrogen-bond acceptors (Lipinski definition) is 3. The molecule has 2 rings (SSSR count). The van der Waals surface area contributed by atoms with Crippen molar-refractivity contribution in [1.82, 2.24) is 5.32 Å². The minimum absolute atomic E-state index is 0.0942. The summed E-state index contributed by atoms with van der Waals surface area (Å²) in [5, 5.41) is 3.33. The standard InChI is InChI=1S/C9H18N2O/c1-9(2)7-5-6(7)8(12-9)11-4-3-10/h6-8,11H,3-5,10H2,1-2H3. The Morgan fingerprint density at radius 3 is 2.75 bits per heavy atom. The van der Waals surface area contributed by atoms with E-state index in [0.29, 0.717) is 6.54 Å². The van der Waals surface area contributed by atoms with Gasteiger partial charge in [-0.15, -0.1) is 0 Å². The zero-order chi connectivity index (χ0) is 8.77. The zero-order valence-corrected chi connectivity index (χ0v) is 7.84. The van der Waals surface area contributed by atoms with Gasteiger partial charge in [-0.1, -0.05) is 0 Å². The van der Waals surface area contributed by atoms with Gasteiger partial charge in [-0.05, 0) is 26.2 Å². The molecule has 1 aliphatic carbocycles. The lowest BCUT2D eigenvalue weighted by Gasteiger charge is -2.24. The highest BCUT2D eigenvalue weighted by Gasteiger charge is 2.59. The van der Waals surface area contributed by atoms with Crippen molar-refractivity contribution in [2.75, 3.05) is 13.1 Å². The molecule has 3 unspecified atom stereocenters. The fourth-order valence-electron chi connectivity index (χ4n) is 2.27. The average molecular weight is 170 g/mol. The Morgan fingerprint density at radius 1 is 1.58 bits per heavy atom. The van der Waals surface area contributed by atoms with Gasteiger partial charge in [0, 0.05) is 19.0 Å². The van der Waals surface area contributed by atoms with Gasteiger partial charge in [0.1, 0.15) is 6.23 Å². The zero-order valence-electron chi connectivity index (χ0n) is 7.84. The molecular formula is C9H18N2O. The Bertz CT molecular complexity index is 181. The molecule has 2 fully saturated rings. The number of nitrogens with two attached hydrogens (primary N) is 1. The first-order valence-corrected chi connectivity index (χ1v) is 4.76. The molecule has 0 spiro atoms. The molecule has 1 saturated carbocycles. The summed E-state index contributed by atoms with van der Waals surface area (Å²) < 4.78 is 5.85. The fraction of sp³-hybridized carbons (Fsp3) is 1.00. The Balaban J connectivity index is 1.87. The Kier molecular flexibility index (Phi) is 1.90. The monoisotopic (exact) mass is 170 g/mol. The molecule has 1 aliphatic heterocycles. The van der Waals surface area contributed by atoms with Gasteiger partial charge in [-0.2, -0.15) is 0 Å². The van der Waals surface area contributed by atoms with E-state index in [4.69, 9.17) is 10.5 Å². The van der Waals surface area contributed by atoms with Crippen molar-refractivity contribution in [3.8, 4) is 0 Å². The van der Waals surface area contributed by atoms with Crippen LogP contribution in [0.1, 0.15) is 20.3 Å². The van der Waals surface area contributed by atoms with E-state index in [0.717, 1.165) is 18.4 Å². The maximum atomic E-state index is 5.85. The molecule has 3 nitrogen and oxygen atoms in total. The maximum Gasteiger partial charge on any atom is 0.112 e. The van der Waals surface area contributed by atoms with Crippen molar-refractivity contribution >= 4 is 0 Å². The van der Waals surface area contributed by atoms with Gasteiger partial charge >= 0.3 is 0 Å². The van der Waals surface area contributed by atoms with Gasteiger partial charge in [-0.25, -0.2) is 0 Å². The van der Waals surface area contributed by atoms with Gasteiger partial charge < -0.3 is 10.5 Å². The molecule has 70 valence electrons. The molecule has 3 heteroatoms. The second-order valence-electron chi connectivity index (χ2n) is 4.39. The fourth-order valence-corrected chi connectivity index (χ4v) is 2.27. The second kappa shape index (κ2) is 2.69. The van der Waals surface area contributed by atoms with E-state index < -0.39 is 0 Å². The van der Waals surface area contributed by atoms with Crippen LogP contribution in [0, 0.1) is 11.8 Å². The summed E-state index contributed by atoms with van der Waals surface area (Å²) in [7, 11) is 0. The first-order valence-electron chi connectivity index (χ1n) is 4.76. The largest absolute Gasteiger partial charge is 0.357 e. The molecule has 0 aromatic rings. The highest BCUT2D eigenvalue weighted by Crippen LogP contribution is 2.56. The van der Waals surface area contributed by atoms with E-state index in [1.54, 1.807) is 0 Å². The lowest BCUT2D eigenvalue weighted by atomic mass is 10.0. The highest BCUT2D eigenvalue weighted by molar-refractivity contribution is 5.06. The number of ether oxygens (including phenoxy) is 1. The van der Waals surface area contributed by atoms with E-state index in [1.165, 1.54) is 6.42 Å². The van der Waals surface area contributed by atoms with Crippen LogP contribution in [0.3, 0.4) is 0 Å². The molecule has 3 atom stereocenters. The van der Waals surface area contributed by atoms with Crippen LogP contribution in [-0.2, 0) is 4.74 Å². The first-order chi connectivity index (χ1) is 5.65. The van der Waals surface area contributed by atoms with Crippen molar-refractivity contribution in [2.24, 2.45) is 17.6 Å². The third kappa shape index (κ3) is 1.26. The van der Waals surface area contributed by atoms with Crippen LogP contribution in [0.2, 0.25) is 0 Å².